The Morgan fingerprint density at radius 3 is 3.15 bits per heavy atom. The number of carboxylic acid groups (broad SMARTS) is 1. The maximum absolute atomic E-state index is 11.7. The van der Waals surface area contributed by atoms with Crippen LogP contribution in [0.1, 0.15) is 37.5 Å². The average molecular weight is 301 g/mol. The van der Waals surface area contributed by atoms with E-state index in [1.54, 1.807) is 16.3 Å². The summed E-state index contributed by atoms with van der Waals surface area (Å²) in [5.41, 5.74) is 5.45. The number of thioether (sulfide) groups is 1. The number of carbonyl (C=O) groups is 1. The summed E-state index contributed by atoms with van der Waals surface area (Å²) in [5.74, 6) is 0.771. The van der Waals surface area contributed by atoms with Crippen molar-refractivity contribution in [2.24, 2.45) is 5.73 Å². The Morgan fingerprint density at radius 2 is 2.40 bits per heavy atom. The van der Waals surface area contributed by atoms with E-state index in [-0.39, 0.29) is 6.04 Å². The molecule has 1 unspecified atom stereocenters. The van der Waals surface area contributed by atoms with Crippen LogP contribution in [-0.2, 0) is 11.2 Å². The van der Waals surface area contributed by atoms with E-state index in [0.717, 1.165) is 37.3 Å². The van der Waals surface area contributed by atoms with Crippen molar-refractivity contribution in [1.29, 1.82) is 0 Å². The van der Waals surface area contributed by atoms with Crippen molar-refractivity contribution < 1.29 is 14.4 Å². The monoisotopic (exact) mass is 301 g/mol. The van der Waals surface area contributed by atoms with Crippen molar-refractivity contribution in [3.63, 3.8) is 0 Å². The molecule has 1 aliphatic heterocycles. The van der Waals surface area contributed by atoms with E-state index in [1.165, 1.54) is 0 Å². The van der Waals surface area contributed by atoms with E-state index in [2.05, 4.69) is 5.16 Å². The van der Waals surface area contributed by atoms with Crippen LogP contribution < -0.4 is 11.5 Å². The molecule has 2 atom stereocenters. The van der Waals surface area contributed by atoms with Gasteiger partial charge in [-0.25, -0.2) is 4.79 Å². The minimum Gasteiger partial charge on any atom is -0.480 e. The molecule has 2 rings (SSSR count). The van der Waals surface area contributed by atoms with Crippen LogP contribution in [0, 0.1) is 0 Å². The predicted molar refractivity (Wildman–Crippen MR) is 74.9 cm³/mol. The smallest absolute Gasteiger partial charge is 0.441 e. The SMILES string of the molecule is N[C@@H](CCSCC1CCCCc2noc(=O)n21)C(=O)O. The van der Waals surface area contributed by atoms with Gasteiger partial charge in [-0.2, -0.15) is 11.8 Å². The van der Waals surface area contributed by atoms with Crippen molar-refractivity contribution in [3.8, 4) is 0 Å². The molecular formula is C12H19N3O4S. The number of nitrogens with zero attached hydrogens (tertiary/aromatic N) is 2. The maximum Gasteiger partial charge on any atom is 0.441 e. The molecule has 3 N–H and O–H groups in total. The van der Waals surface area contributed by atoms with Gasteiger partial charge in [-0.3, -0.25) is 13.9 Å². The first kappa shape index (κ1) is 15.1. The Kier molecular flexibility index (Phi) is 5.24. The van der Waals surface area contributed by atoms with Gasteiger partial charge in [0.1, 0.15) is 6.04 Å². The van der Waals surface area contributed by atoms with Crippen LogP contribution >= 0.6 is 11.8 Å². The zero-order valence-corrected chi connectivity index (χ0v) is 12.0. The number of hydrogen-bond donors (Lipinski definition) is 2. The maximum atomic E-state index is 11.7. The van der Waals surface area contributed by atoms with Crippen LogP contribution in [0.3, 0.4) is 0 Å². The first-order valence-corrected chi connectivity index (χ1v) is 7.88. The third kappa shape index (κ3) is 3.63. The van der Waals surface area contributed by atoms with Crippen molar-refractivity contribution in [3.05, 3.63) is 16.4 Å². The fourth-order valence-corrected chi connectivity index (χ4v) is 3.49. The number of aliphatic carboxylic acids is 1. The number of fused-ring (bicyclic) bond motifs is 1. The van der Waals surface area contributed by atoms with E-state index < -0.39 is 17.8 Å². The van der Waals surface area contributed by atoms with Crippen LogP contribution in [0.25, 0.3) is 0 Å². The molecule has 0 amide bonds. The van der Waals surface area contributed by atoms with Crippen molar-refractivity contribution in [1.82, 2.24) is 9.72 Å². The summed E-state index contributed by atoms with van der Waals surface area (Å²) in [4.78, 5) is 22.3. The summed E-state index contributed by atoms with van der Waals surface area (Å²) in [6, 6.07) is -0.734. The average Bonchev–Trinajstić information content (AvgIpc) is 2.66. The highest BCUT2D eigenvalue weighted by atomic mass is 32.2. The van der Waals surface area contributed by atoms with Gasteiger partial charge in [-0.05, 0) is 25.0 Å². The summed E-state index contributed by atoms with van der Waals surface area (Å²) >= 11 is 1.62. The summed E-state index contributed by atoms with van der Waals surface area (Å²) in [7, 11) is 0. The molecule has 0 aromatic carbocycles. The number of aromatic nitrogens is 2. The molecule has 0 saturated heterocycles. The molecule has 2 heterocycles. The fourth-order valence-electron chi connectivity index (χ4n) is 2.31. The van der Waals surface area contributed by atoms with Crippen molar-refractivity contribution in [2.75, 3.05) is 11.5 Å². The molecule has 0 bridgehead atoms. The van der Waals surface area contributed by atoms with Gasteiger partial charge in [0.15, 0.2) is 5.82 Å². The normalized spacial score (nSPS) is 20.1. The minimum absolute atomic E-state index is 0.0808. The highest BCUT2D eigenvalue weighted by molar-refractivity contribution is 7.99. The lowest BCUT2D eigenvalue weighted by Crippen LogP contribution is -2.30. The topological polar surface area (TPSA) is 111 Å². The van der Waals surface area contributed by atoms with Gasteiger partial charge >= 0.3 is 11.7 Å². The Balaban J connectivity index is 1.88. The second kappa shape index (κ2) is 6.94. The van der Waals surface area contributed by atoms with Crippen LogP contribution in [0.4, 0.5) is 0 Å². The first-order valence-electron chi connectivity index (χ1n) is 6.73. The Bertz CT molecular complexity index is 513. The van der Waals surface area contributed by atoms with Gasteiger partial charge in [0.25, 0.3) is 0 Å². The van der Waals surface area contributed by atoms with Gasteiger partial charge in [0, 0.05) is 12.2 Å². The molecular weight excluding hydrogens is 282 g/mol. The van der Waals surface area contributed by atoms with E-state index in [9.17, 15) is 9.59 Å². The molecule has 0 radical (unpaired) electrons. The lowest BCUT2D eigenvalue weighted by Gasteiger charge is -2.15. The fraction of sp³-hybridized carbons (Fsp3) is 0.750. The molecule has 1 aliphatic rings. The number of nitrogens with two attached hydrogens (primary N) is 1. The molecule has 0 spiro atoms. The lowest BCUT2D eigenvalue weighted by molar-refractivity contribution is -0.138. The summed E-state index contributed by atoms with van der Waals surface area (Å²) < 4.78 is 6.38. The molecule has 1 aromatic heterocycles. The predicted octanol–water partition coefficient (Wildman–Crippen LogP) is 0.639. The first-order chi connectivity index (χ1) is 9.59. The molecule has 20 heavy (non-hydrogen) atoms. The molecule has 7 nitrogen and oxygen atoms in total. The third-order valence-corrected chi connectivity index (χ3v) is 4.60. The van der Waals surface area contributed by atoms with Crippen LogP contribution in [-0.4, -0.2) is 38.3 Å². The summed E-state index contributed by atoms with van der Waals surface area (Å²) in [6.07, 6.45) is 4.20. The van der Waals surface area contributed by atoms with Gasteiger partial charge in [-0.1, -0.05) is 11.6 Å². The van der Waals surface area contributed by atoms with Crippen molar-refractivity contribution >= 4 is 17.7 Å². The molecule has 0 fully saturated rings. The van der Waals surface area contributed by atoms with E-state index in [0.29, 0.717) is 12.2 Å². The number of rotatable bonds is 6. The third-order valence-electron chi connectivity index (χ3n) is 3.46. The quantitative estimate of drug-likeness (QED) is 0.741. The van der Waals surface area contributed by atoms with E-state index in [4.69, 9.17) is 15.4 Å². The number of aryl methyl sites for hydroxylation is 1. The Morgan fingerprint density at radius 1 is 1.60 bits per heavy atom. The second-order valence-corrected chi connectivity index (χ2v) is 6.09. The lowest BCUT2D eigenvalue weighted by atomic mass is 10.1. The van der Waals surface area contributed by atoms with Crippen LogP contribution in [0.5, 0.6) is 0 Å². The summed E-state index contributed by atoms with van der Waals surface area (Å²) in [5, 5.41) is 12.5. The van der Waals surface area contributed by atoms with Gasteiger partial charge in [-0.15, -0.1) is 0 Å². The zero-order valence-electron chi connectivity index (χ0n) is 11.2. The second-order valence-electron chi connectivity index (χ2n) is 4.94. The minimum atomic E-state index is -0.974. The van der Waals surface area contributed by atoms with Gasteiger partial charge < -0.3 is 10.8 Å². The van der Waals surface area contributed by atoms with Gasteiger partial charge in [0.2, 0.25) is 0 Å². The molecule has 0 aliphatic carbocycles. The van der Waals surface area contributed by atoms with Gasteiger partial charge in [0.05, 0.1) is 6.04 Å². The molecule has 8 heteroatoms. The van der Waals surface area contributed by atoms with Crippen LogP contribution in [0.15, 0.2) is 9.32 Å². The zero-order chi connectivity index (χ0) is 14.5. The Hall–Kier alpha value is -1.28. The summed E-state index contributed by atoms with van der Waals surface area (Å²) in [6.45, 7) is 0. The van der Waals surface area contributed by atoms with Crippen molar-refractivity contribution in [2.45, 2.75) is 44.2 Å². The molecule has 1 aromatic rings. The highest BCUT2D eigenvalue weighted by Gasteiger charge is 2.23. The number of carboxylic acids is 1. The molecule has 0 saturated carbocycles. The van der Waals surface area contributed by atoms with Crippen LogP contribution in [0.2, 0.25) is 0 Å². The van der Waals surface area contributed by atoms with E-state index >= 15 is 0 Å². The largest absolute Gasteiger partial charge is 0.480 e. The molecule has 112 valence electrons. The Labute approximate surface area is 120 Å². The standard InChI is InChI=1S/C12H19N3O4S/c13-9(11(16)17)5-6-20-7-8-3-1-2-4-10-14-19-12(18)15(8)10/h8-9H,1-7,13H2,(H,16,17)/t8?,9-/m0/s1. The highest BCUT2D eigenvalue weighted by Crippen LogP contribution is 2.25. The number of hydrogen-bond acceptors (Lipinski definition) is 6. The van der Waals surface area contributed by atoms with E-state index in [1.807, 2.05) is 0 Å².